The molecule has 17 heavy (non-hydrogen) atoms. The minimum atomic E-state index is -0.830. The predicted molar refractivity (Wildman–Crippen MR) is 67.9 cm³/mol. The second-order valence-electron chi connectivity index (χ2n) is 4.13. The van der Waals surface area contributed by atoms with Gasteiger partial charge in [-0.2, -0.15) is 0 Å². The van der Waals surface area contributed by atoms with E-state index in [1.165, 1.54) is 10.4 Å². The molecule has 1 aliphatic rings. The Hall–Kier alpha value is -1.07. The van der Waals surface area contributed by atoms with E-state index >= 15 is 0 Å². The lowest BCUT2D eigenvalue weighted by Gasteiger charge is -2.21. The molecule has 1 heterocycles. The van der Waals surface area contributed by atoms with Gasteiger partial charge in [-0.15, -0.1) is 11.3 Å². The standard InChI is InChI=1S/C12H17NO3S/c1-2-16-9-4-3-8-5-11(13-7-12(14)15)17-10(8)6-9/h5,9,13H,2-4,6-7H2,1H3,(H,14,15). The van der Waals surface area contributed by atoms with Gasteiger partial charge in [0.15, 0.2) is 0 Å². The highest BCUT2D eigenvalue weighted by atomic mass is 32.1. The number of carbonyl (C=O) groups is 1. The van der Waals surface area contributed by atoms with Crippen LogP contribution in [0.5, 0.6) is 0 Å². The summed E-state index contributed by atoms with van der Waals surface area (Å²) in [6, 6.07) is 2.07. The minimum absolute atomic E-state index is 0.0196. The summed E-state index contributed by atoms with van der Waals surface area (Å²) in [6.07, 6.45) is 3.39. The quantitative estimate of drug-likeness (QED) is 0.846. The number of anilines is 1. The fraction of sp³-hybridized carbons (Fsp3) is 0.583. The van der Waals surface area contributed by atoms with E-state index in [1.807, 2.05) is 6.92 Å². The van der Waals surface area contributed by atoms with Crippen LogP contribution in [0.1, 0.15) is 23.8 Å². The number of aryl methyl sites for hydroxylation is 1. The van der Waals surface area contributed by atoms with Gasteiger partial charge in [-0.1, -0.05) is 0 Å². The summed E-state index contributed by atoms with van der Waals surface area (Å²) in [7, 11) is 0. The second-order valence-corrected chi connectivity index (χ2v) is 5.26. The number of ether oxygens (including phenoxy) is 1. The SMILES string of the molecule is CCOC1CCc2cc(NCC(=O)O)sc2C1. The van der Waals surface area contributed by atoms with Crippen LogP contribution in [-0.4, -0.2) is 30.3 Å². The molecular formula is C12H17NO3S. The summed E-state index contributed by atoms with van der Waals surface area (Å²) < 4.78 is 5.64. The Bertz CT molecular complexity index is 402. The topological polar surface area (TPSA) is 58.6 Å². The first-order valence-corrected chi connectivity index (χ1v) is 6.69. The maximum Gasteiger partial charge on any atom is 0.322 e. The predicted octanol–water partition coefficient (Wildman–Crippen LogP) is 2.14. The number of fused-ring (bicyclic) bond motifs is 1. The van der Waals surface area contributed by atoms with Crippen molar-refractivity contribution in [3.63, 3.8) is 0 Å². The van der Waals surface area contributed by atoms with Gasteiger partial charge in [0.2, 0.25) is 0 Å². The van der Waals surface area contributed by atoms with E-state index in [2.05, 4.69) is 11.4 Å². The molecule has 0 saturated carbocycles. The molecule has 1 aliphatic carbocycles. The van der Waals surface area contributed by atoms with E-state index in [0.29, 0.717) is 6.10 Å². The number of carboxylic acids is 1. The molecule has 0 radical (unpaired) electrons. The number of hydrogen-bond acceptors (Lipinski definition) is 4. The second kappa shape index (κ2) is 5.51. The van der Waals surface area contributed by atoms with Crippen LogP contribution in [0.25, 0.3) is 0 Å². The summed E-state index contributed by atoms with van der Waals surface area (Å²) in [5, 5.41) is 12.5. The molecule has 0 fully saturated rings. The maximum absolute atomic E-state index is 10.5. The molecule has 0 saturated heterocycles. The van der Waals surface area contributed by atoms with E-state index < -0.39 is 5.97 Å². The number of rotatable bonds is 5. The van der Waals surface area contributed by atoms with E-state index in [0.717, 1.165) is 30.9 Å². The van der Waals surface area contributed by atoms with Crippen LogP contribution in [0.3, 0.4) is 0 Å². The van der Waals surface area contributed by atoms with Crippen LogP contribution >= 0.6 is 11.3 Å². The fourth-order valence-corrected chi connectivity index (χ4v) is 3.28. The molecular weight excluding hydrogens is 238 g/mol. The van der Waals surface area contributed by atoms with Crippen LogP contribution in [0, 0.1) is 0 Å². The maximum atomic E-state index is 10.5. The Morgan fingerprint density at radius 1 is 1.71 bits per heavy atom. The molecule has 1 aromatic rings. The van der Waals surface area contributed by atoms with Gasteiger partial charge in [0.25, 0.3) is 0 Å². The zero-order valence-electron chi connectivity index (χ0n) is 9.86. The zero-order chi connectivity index (χ0) is 12.3. The number of hydrogen-bond donors (Lipinski definition) is 2. The van der Waals surface area contributed by atoms with Crippen molar-refractivity contribution >= 4 is 22.3 Å². The zero-order valence-corrected chi connectivity index (χ0v) is 10.7. The molecule has 5 heteroatoms. The van der Waals surface area contributed by atoms with Gasteiger partial charge in [0.05, 0.1) is 11.1 Å². The number of aliphatic carboxylic acids is 1. The van der Waals surface area contributed by atoms with Crippen LogP contribution in [0.4, 0.5) is 5.00 Å². The summed E-state index contributed by atoms with van der Waals surface area (Å²) in [5.74, 6) is -0.830. The van der Waals surface area contributed by atoms with Gasteiger partial charge >= 0.3 is 5.97 Å². The van der Waals surface area contributed by atoms with Crippen molar-refractivity contribution in [2.24, 2.45) is 0 Å². The molecule has 0 amide bonds. The molecule has 94 valence electrons. The molecule has 2 rings (SSSR count). The lowest BCUT2D eigenvalue weighted by atomic mass is 9.97. The monoisotopic (exact) mass is 255 g/mol. The van der Waals surface area contributed by atoms with Crippen molar-refractivity contribution in [1.82, 2.24) is 0 Å². The molecule has 0 spiro atoms. The lowest BCUT2D eigenvalue weighted by Crippen LogP contribution is -2.21. The van der Waals surface area contributed by atoms with E-state index in [-0.39, 0.29) is 6.54 Å². The molecule has 0 bridgehead atoms. The van der Waals surface area contributed by atoms with Crippen molar-refractivity contribution in [3.05, 3.63) is 16.5 Å². The Balaban J connectivity index is 1.99. The number of thiophene rings is 1. The highest BCUT2D eigenvalue weighted by Crippen LogP contribution is 2.33. The van der Waals surface area contributed by atoms with E-state index in [1.54, 1.807) is 11.3 Å². The molecule has 2 N–H and O–H groups in total. The summed E-state index contributed by atoms with van der Waals surface area (Å²) in [5.41, 5.74) is 1.35. The van der Waals surface area contributed by atoms with Gasteiger partial charge in [-0.3, -0.25) is 4.79 Å². The third-order valence-corrected chi connectivity index (χ3v) is 4.02. The third kappa shape index (κ3) is 3.20. The average molecular weight is 255 g/mol. The smallest absolute Gasteiger partial charge is 0.322 e. The van der Waals surface area contributed by atoms with Crippen LogP contribution < -0.4 is 5.32 Å². The highest BCUT2D eigenvalue weighted by molar-refractivity contribution is 7.16. The summed E-state index contributed by atoms with van der Waals surface area (Å²) in [6.45, 7) is 2.76. The molecule has 1 atom stereocenters. The Labute approximate surface area is 105 Å². The molecule has 0 aromatic carbocycles. The first-order chi connectivity index (χ1) is 8.19. The van der Waals surface area contributed by atoms with Crippen molar-refractivity contribution in [3.8, 4) is 0 Å². The first kappa shape index (κ1) is 12.4. The molecule has 1 unspecified atom stereocenters. The van der Waals surface area contributed by atoms with E-state index in [9.17, 15) is 4.79 Å². The Morgan fingerprint density at radius 3 is 3.24 bits per heavy atom. The molecule has 0 aliphatic heterocycles. The lowest BCUT2D eigenvalue weighted by molar-refractivity contribution is -0.134. The first-order valence-electron chi connectivity index (χ1n) is 5.88. The van der Waals surface area contributed by atoms with Crippen LogP contribution in [0.15, 0.2) is 6.07 Å². The van der Waals surface area contributed by atoms with Crippen molar-refractivity contribution < 1.29 is 14.6 Å². The van der Waals surface area contributed by atoms with Crippen LogP contribution in [0.2, 0.25) is 0 Å². The van der Waals surface area contributed by atoms with Gasteiger partial charge in [-0.25, -0.2) is 0 Å². The molecule has 1 aromatic heterocycles. The van der Waals surface area contributed by atoms with Crippen molar-refractivity contribution in [1.29, 1.82) is 0 Å². The number of nitrogens with one attached hydrogen (secondary N) is 1. The minimum Gasteiger partial charge on any atom is -0.480 e. The largest absolute Gasteiger partial charge is 0.480 e. The summed E-state index contributed by atoms with van der Waals surface area (Å²) >= 11 is 1.65. The average Bonchev–Trinajstić information content (AvgIpc) is 2.69. The fourth-order valence-electron chi connectivity index (χ4n) is 2.10. The normalized spacial score (nSPS) is 18.8. The van der Waals surface area contributed by atoms with Gasteiger partial charge in [-0.05, 0) is 31.4 Å². The van der Waals surface area contributed by atoms with Crippen molar-refractivity contribution in [2.75, 3.05) is 18.5 Å². The van der Waals surface area contributed by atoms with Gasteiger partial charge < -0.3 is 15.2 Å². The summed E-state index contributed by atoms with van der Waals surface area (Å²) in [4.78, 5) is 11.8. The molecule has 4 nitrogen and oxygen atoms in total. The van der Waals surface area contributed by atoms with Gasteiger partial charge in [0.1, 0.15) is 6.54 Å². The Kier molecular flexibility index (Phi) is 4.02. The highest BCUT2D eigenvalue weighted by Gasteiger charge is 2.21. The third-order valence-electron chi connectivity index (χ3n) is 2.86. The Morgan fingerprint density at radius 2 is 2.53 bits per heavy atom. The van der Waals surface area contributed by atoms with E-state index in [4.69, 9.17) is 9.84 Å². The van der Waals surface area contributed by atoms with Crippen molar-refractivity contribution in [2.45, 2.75) is 32.3 Å². The van der Waals surface area contributed by atoms with Crippen LogP contribution in [-0.2, 0) is 22.4 Å². The van der Waals surface area contributed by atoms with Gasteiger partial charge in [0, 0.05) is 17.9 Å². The number of carboxylic acid groups (broad SMARTS) is 1.